The second kappa shape index (κ2) is 6.72. The van der Waals surface area contributed by atoms with Crippen molar-refractivity contribution in [2.75, 3.05) is 24.5 Å². The van der Waals surface area contributed by atoms with E-state index in [4.69, 9.17) is 0 Å². The number of rotatable bonds is 4. The van der Waals surface area contributed by atoms with E-state index < -0.39 is 12.0 Å². The van der Waals surface area contributed by atoms with Crippen LogP contribution in [0.3, 0.4) is 0 Å². The van der Waals surface area contributed by atoms with Gasteiger partial charge in [-0.3, -0.25) is 14.5 Å². The molecule has 0 aliphatic carbocycles. The number of carboxylic acid groups (broad SMARTS) is 1. The van der Waals surface area contributed by atoms with Crippen molar-refractivity contribution < 1.29 is 19.8 Å². The Labute approximate surface area is 139 Å². The fourth-order valence-electron chi connectivity index (χ4n) is 3.00. The molecule has 1 fully saturated rings. The number of para-hydroxylation sites is 1. The zero-order chi connectivity index (χ0) is 17.1. The van der Waals surface area contributed by atoms with Gasteiger partial charge in [0.15, 0.2) is 0 Å². The number of hydrogen-bond acceptors (Lipinski definition) is 4. The highest BCUT2D eigenvalue weighted by molar-refractivity contribution is 5.96. The Morgan fingerprint density at radius 2 is 1.79 bits per heavy atom. The third-order valence-corrected chi connectivity index (χ3v) is 4.10. The molecule has 1 saturated heterocycles. The van der Waals surface area contributed by atoms with Crippen molar-refractivity contribution in [1.82, 2.24) is 4.90 Å². The maximum absolute atomic E-state index is 12.5. The number of phenolic OH excluding ortho intramolecular Hbond substituents is 1. The van der Waals surface area contributed by atoms with Crippen LogP contribution >= 0.6 is 0 Å². The molecular weight excluding hydrogens is 308 g/mol. The largest absolute Gasteiger partial charge is 0.508 e. The number of piperazine rings is 1. The fourth-order valence-corrected chi connectivity index (χ4v) is 3.00. The average molecular weight is 326 g/mol. The quantitative estimate of drug-likeness (QED) is 0.896. The molecule has 24 heavy (non-hydrogen) atoms. The molecule has 1 aliphatic rings. The van der Waals surface area contributed by atoms with Crippen molar-refractivity contribution in [2.45, 2.75) is 6.04 Å². The zero-order valence-electron chi connectivity index (χ0n) is 13.0. The SMILES string of the molecule is O=C(O)C(c1cccc(O)c1)N1CCN(c2ccccc2)C(=O)C1. The van der Waals surface area contributed by atoms with Gasteiger partial charge in [-0.25, -0.2) is 0 Å². The predicted octanol–water partition coefficient (Wildman–Crippen LogP) is 1.87. The summed E-state index contributed by atoms with van der Waals surface area (Å²) < 4.78 is 0. The first kappa shape index (κ1) is 16.0. The number of carbonyl (C=O) groups excluding carboxylic acids is 1. The van der Waals surface area contributed by atoms with E-state index >= 15 is 0 Å². The van der Waals surface area contributed by atoms with E-state index in [0.717, 1.165) is 5.69 Å². The molecule has 2 N–H and O–H groups in total. The number of aliphatic carboxylic acids is 1. The van der Waals surface area contributed by atoms with Crippen LogP contribution in [-0.4, -0.2) is 46.6 Å². The summed E-state index contributed by atoms with van der Waals surface area (Å²) in [5.74, 6) is -1.17. The number of nitrogens with zero attached hydrogens (tertiary/aromatic N) is 2. The molecule has 1 amide bonds. The van der Waals surface area contributed by atoms with Gasteiger partial charge < -0.3 is 15.1 Å². The van der Waals surface area contributed by atoms with Gasteiger partial charge in [-0.1, -0.05) is 30.3 Å². The lowest BCUT2D eigenvalue weighted by molar-refractivity contribution is -0.144. The highest BCUT2D eigenvalue weighted by Gasteiger charge is 2.34. The smallest absolute Gasteiger partial charge is 0.325 e. The molecule has 0 bridgehead atoms. The Kier molecular flexibility index (Phi) is 4.48. The minimum atomic E-state index is -1.04. The van der Waals surface area contributed by atoms with E-state index in [2.05, 4.69) is 0 Å². The van der Waals surface area contributed by atoms with E-state index in [1.807, 2.05) is 30.3 Å². The molecule has 1 aliphatic heterocycles. The van der Waals surface area contributed by atoms with Crippen molar-refractivity contribution in [1.29, 1.82) is 0 Å². The van der Waals surface area contributed by atoms with Gasteiger partial charge in [-0.15, -0.1) is 0 Å². The molecule has 0 saturated carbocycles. The van der Waals surface area contributed by atoms with E-state index in [1.54, 1.807) is 21.9 Å². The van der Waals surface area contributed by atoms with E-state index in [1.165, 1.54) is 12.1 Å². The Hall–Kier alpha value is -2.86. The van der Waals surface area contributed by atoms with Gasteiger partial charge in [0.1, 0.15) is 11.8 Å². The van der Waals surface area contributed by atoms with Crippen molar-refractivity contribution in [3.8, 4) is 5.75 Å². The van der Waals surface area contributed by atoms with Crippen LogP contribution < -0.4 is 4.90 Å². The van der Waals surface area contributed by atoms with E-state index in [0.29, 0.717) is 18.7 Å². The number of anilines is 1. The van der Waals surface area contributed by atoms with Crippen molar-refractivity contribution in [2.24, 2.45) is 0 Å². The maximum atomic E-state index is 12.5. The first-order valence-corrected chi connectivity index (χ1v) is 7.67. The van der Waals surface area contributed by atoms with Gasteiger partial charge in [0, 0.05) is 18.8 Å². The summed E-state index contributed by atoms with van der Waals surface area (Å²) in [6.45, 7) is 0.875. The molecule has 0 aromatic heterocycles. The van der Waals surface area contributed by atoms with Gasteiger partial charge in [0.05, 0.1) is 6.54 Å². The first-order chi connectivity index (χ1) is 11.6. The lowest BCUT2D eigenvalue weighted by Gasteiger charge is -2.37. The fraction of sp³-hybridized carbons (Fsp3) is 0.222. The summed E-state index contributed by atoms with van der Waals surface area (Å²) >= 11 is 0. The Bertz CT molecular complexity index is 748. The van der Waals surface area contributed by atoms with Crippen LogP contribution in [0.25, 0.3) is 0 Å². The van der Waals surface area contributed by atoms with E-state index in [-0.39, 0.29) is 18.2 Å². The highest BCUT2D eigenvalue weighted by Crippen LogP contribution is 2.27. The molecule has 1 atom stereocenters. The molecule has 1 heterocycles. The number of carboxylic acids is 1. The standard InChI is InChI=1S/C18H18N2O4/c21-15-8-4-5-13(11-15)17(18(23)24)19-9-10-20(16(22)12-19)14-6-2-1-3-7-14/h1-8,11,17,21H,9-10,12H2,(H,23,24). The van der Waals surface area contributed by atoms with E-state index in [9.17, 15) is 19.8 Å². The first-order valence-electron chi connectivity index (χ1n) is 7.67. The lowest BCUT2D eigenvalue weighted by Crippen LogP contribution is -2.52. The minimum absolute atomic E-state index is 0.00741. The van der Waals surface area contributed by atoms with Crippen molar-refractivity contribution in [3.63, 3.8) is 0 Å². The van der Waals surface area contributed by atoms with Crippen LogP contribution in [0, 0.1) is 0 Å². The van der Waals surface area contributed by atoms with Crippen molar-refractivity contribution in [3.05, 3.63) is 60.2 Å². The summed E-state index contributed by atoms with van der Waals surface area (Å²) in [5, 5.41) is 19.2. The molecule has 124 valence electrons. The summed E-state index contributed by atoms with van der Waals surface area (Å²) in [7, 11) is 0. The molecule has 6 heteroatoms. The van der Waals surface area contributed by atoms with Gasteiger partial charge in [-0.2, -0.15) is 0 Å². The molecular formula is C18H18N2O4. The second-order valence-electron chi connectivity index (χ2n) is 5.69. The number of aromatic hydroxyl groups is 1. The number of amides is 1. The summed E-state index contributed by atoms with van der Waals surface area (Å²) in [6, 6.07) is 14.5. The second-order valence-corrected chi connectivity index (χ2v) is 5.69. The monoisotopic (exact) mass is 326 g/mol. The zero-order valence-corrected chi connectivity index (χ0v) is 13.0. The number of phenols is 1. The normalized spacial score (nSPS) is 16.8. The summed E-state index contributed by atoms with van der Waals surface area (Å²) in [4.78, 5) is 27.5. The summed E-state index contributed by atoms with van der Waals surface area (Å²) in [6.07, 6.45) is 0. The minimum Gasteiger partial charge on any atom is -0.508 e. The highest BCUT2D eigenvalue weighted by atomic mass is 16.4. The number of carbonyl (C=O) groups is 2. The Balaban J connectivity index is 1.80. The Morgan fingerprint density at radius 3 is 2.42 bits per heavy atom. The molecule has 2 aromatic rings. The van der Waals surface area contributed by atoms with Gasteiger partial charge in [0.25, 0.3) is 0 Å². The van der Waals surface area contributed by atoms with Crippen molar-refractivity contribution >= 4 is 17.6 Å². The molecule has 0 radical (unpaired) electrons. The third-order valence-electron chi connectivity index (χ3n) is 4.10. The predicted molar refractivity (Wildman–Crippen MR) is 88.9 cm³/mol. The van der Waals surface area contributed by atoms with Crippen LogP contribution in [0.1, 0.15) is 11.6 Å². The molecule has 1 unspecified atom stereocenters. The summed E-state index contributed by atoms with van der Waals surface area (Å²) in [5.41, 5.74) is 1.27. The van der Waals surface area contributed by atoms with Gasteiger partial charge >= 0.3 is 5.97 Å². The van der Waals surface area contributed by atoms with Gasteiger partial charge in [-0.05, 0) is 29.8 Å². The Morgan fingerprint density at radius 1 is 1.04 bits per heavy atom. The average Bonchev–Trinajstić information content (AvgIpc) is 2.56. The maximum Gasteiger partial charge on any atom is 0.325 e. The molecule has 6 nitrogen and oxygen atoms in total. The van der Waals surface area contributed by atoms with Crippen LogP contribution in [-0.2, 0) is 9.59 Å². The number of hydrogen-bond donors (Lipinski definition) is 2. The lowest BCUT2D eigenvalue weighted by atomic mass is 10.0. The topological polar surface area (TPSA) is 81.1 Å². The van der Waals surface area contributed by atoms with Gasteiger partial charge in [0.2, 0.25) is 5.91 Å². The van der Waals surface area contributed by atoms with Crippen LogP contribution in [0.4, 0.5) is 5.69 Å². The van der Waals surface area contributed by atoms with Crippen LogP contribution in [0.5, 0.6) is 5.75 Å². The molecule has 0 spiro atoms. The molecule has 2 aromatic carbocycles. The third kappa shape index (κ3) is 3.23. The van der Waals surface area contributed by atoms with Crippen LogP contribution in [0.2, 0.25) is 0 Å². The molecule has 3 rings (SSSR count). The number of benzene rings is 2. The van der Waals surface area contributed by atoms with Crippen LogP contribution in [0.15, 0.2) is 54.6 Å².